The molecule has 0 saturated heterocycles. The zero-order chi connectivity index (χ0) is 14.2. The quantitative estimate of drug-likeness (QED) is 0.476. The van der Waals surface area contributed by atoms with Crippen LogP contribution in [0, 0.1) is 34.0 Å². The van der Waals surface area contributed by atoms with Crippen molar-refractivity contribution in [2.24, 2.45) is 34.0 Å². The van der Waals surface area contributed by atoms with Gasteiger partial charge in [0.25, 0.3) is 0 Å². The van der Waals surface area contributed by atoms with Gasteiger partial charge in [-0.3, -0.25) is 0 Å². The summed E-state index contributed by atoms with van der Waals surface area (Å²) in [7, 11) is 0. The summed E-state index contributed by atoms with van der Waals surface area (Å²) in [6.07, 6.45) is 13.3. The van der Waals surface area contributed by atoms with Gasteiger partial charge in [0.1, 0.15) is 0 Å². The monoisotopic (exact) mass is 272 g/mol. The van der Waals surface area contributed by atoms with Crippen molar-refractivity contribution in [3.63, 3.8) is 0 Å². The van der Waals surface area contributed by atoms with E-state index >= 15 is 0 Å². The van der Waals surface area contributed by atoms with Crippen LogP contribution in [0.15, 0.2) is 12.2 Å². The van der Waals surface area contributed by atoms with Gasteiger partial charge in [-0.05, 0) is 85.4 Å². The highest BCUT2D eigenvalue weighted by atomic mass is 14.7. The summed E-state index contributed by atoms with van der Waals surface area (Å²) in [5, 5.41) is 0. The Morgan fingerprint density at radius 2 is 1.75 bits per heavy atom. The summed E-state index contributed by atoms with van der Waals surface area (Å²) in [4.78, 5) is 0. The van der Waals surface area contributed by atoms with Gasteiger partial charge in [-0.15, -0.1) is 0 Å². The fraction of sp³-hybridized carbons (Fsp3) is 0.900. The van der Waals surface area contributed by atoms with E-state index in [-0.39, 0.29) is 0 Å². The van der Waals surface area contributed by atoms with Crippen LogP contribution in [0.5, 0.6) is 0 Å². The molecule has 20 heavy (non-hydrogen) atoms. The van der Waals surface area contributed by atoms with Crippen molar-refractivity contribution < 1.29 is 0 Å². The Morgan fingerprint density at radius 1 is 0.950 bits per heavy atom. The Balaban J connectivity index is 1.74. The second kappa shape index (κ2) is 3.93. The average Bonchev–Trinajstić information content (AvgIpc) is 2.58. The van der Waals surface area contributed by atoms with Crippen LogP contribution in [-0.4, -0.2) is 0 Å². The van der Waals surface area contributed by atoms with Crippen molar-refractivity contribution in [2.75, 3.05) is 0 Å². The predicted molar refractivity (Wildman–Crippen MR) is 85.5 cm³/mol. The van der Waals surface area contributed by atoms with E-state index in [0.717, 1.165) is 17.8 Å². The summed E-state index contributed by atoms with van der Waals surface area (Å²) < 4.78 is 0. The minimum Gasteiger partial charge on any atom is -0.0996 e. The fourth-order valence-electron chi connectivity index (χ4n) is 7.68. The Bertz CT molecular complexity index is 445. The molecule has 4 fully saturated rings. The van der Waals surface area contributed by atoms with Crippen molar-refractivity contribution in [2.45, 2.75) is 78.6 Å². The molecular weight excluding hydrogens is 240 g/mol. The molecule has 0 N–H and O–H groups in total. The molecule has 0 aromatic rings. The minimum atomic E-state index is 0.584. The Hall–Kier alpha value is -0.260. The number of rotatable bonds is 0. The van der Waals surface area contributed by atoms with Gasteiger partial charge < -0.3 is 0 Å². The number of allylic oxidation sites excluding steroid dienone is 1. The average molecular weight is 272 g/mol. The predicted octanol–water partition coefficient (Wildman–Crippen LogP) is 5.98. The minimum absolute atomic E-state index is 0.584. The maximum absolute atomic E-state index is 4.44. The molecule has 1 spiro atoms. The molecule has 0 aliphatic heterocycles. The van der Waals surface area contributed by atoms with Gasteiger partial charge in [-0.25, -0.2) is 0 Å². The van der Waals surface area contributed by atoms with E-state index in [9.17, 15) is 0 Å². The Kier molecular flexibility index (Phi) is 2.63. The maximum Gasteiger partial charge on any atom is -0.0200 e. The molecule has 4 saturated carbocycles. The van der Waals surface area contributed by atoms with Crippen LogP contribution in [-0.2, 0) is 0 Å². The van der Waals surface area contributed by atoms with Gasteiger partial charge in [-0.1, -0.05) is 39.3 Å². The largest absolute Gasteiger partial charge is 0.0996 e. The second-order valence-corrected chi connectivity index (χ2v) is 9.67. The third-order valence-electron chi connectivity index (χ3n) is 8.36. The summed E-state index contributed by atoms with van der Waals surface area (Å²) >= 11 is 0. The Morgan fingerprint density at radius 3 is 2.55 bits per heavy atom. The molecule has 0 aromatic heterocycles. The molecule has 0 unspecified atom stereocenters. The van der Waals surface area contributed by atoms with Gasteiger partial charge in [-0.2, -0.15) is 0 Å². The van der Waals surface area contributed by atoms with E-state index in [4.69, 9.17) is 0 Å². The normalized spacial score (nSPS) is 53.4. The first-order valence-corrected chi connectivity index (χ1v) is 9.05. The first-order valence-electron chi connectivity index (χ1n) is 9.05. The first kappa shape index (κ1) is 13.4. The van der Waals surface area contributed by atoms with Crippen LogP contribution in [0.4, 0.5) is 0 Å². The smallest absolute Gasteiger partial charge is 0.0200 e. The number of hydrogen-bond acceptors (Lipinski definition) is 0. The van der Waals surface area contributed by atoms with Gasteiger partial charge in [0.15, 0.2) is 0 Å². The zero-order valence-electron chi connectivity index (χ0n) is 13.8. The number of hydrogen-bond donors (Lipinski definition) is 0. The maximum atomic E-state index is 4.44. The van der Waals surface area contributed by atoms with Crippen molar-refractivity contribution in [1.29, 1.82) is 0 Å². The fourth-order valence-corrected chi connectivity index (χ4v) is 7.68. The van der Waals surface area contributed by atoms with Crippen molar-refractivity contribution in [1.82, 2.24) is 0 Å². The van der Waals surface area contributed by atoms with E-state index in [2.05, 4.69) is 27.4 Å². The van der Waals surface area contributed by atoms with E-state index in [1.54, 1.807) is 5.57 Å². The molecule has 4 aliphatic rings. The SMILES string of the molecule is C=C1C[C@@]23CC[C@H]4C(C)(C)CCC[C@]4(C)[C@@H]2CC[C@@H]1C3. The van der Waals surface area contributed by atoms with Crippen molar-refractivity contribution >= 4 is 0 Å². The lowest BCUT2D eigenvalue weighted by Crippen LogP contribution is -2.55. The molecule has 2 bridgehead atoms. The topological polar surface area (TPSA) is 0 Å². The standard InChI is InChI=1S/C20H32/c1-14-12-20-11-8-16-18(2,3)9-5-10-19(16,4)17(20)7-6-15(14)13-20/h15-17H,1,5-13H2,2-4H3/t15-,16+,17+,19+,20-/m1/s1. The molecule has 0 heterocycles. The lowest BCUT2D eigenvalue weighted by Gasteiger charge is -2.64. The van der Waals surface area contributed by atoms with E-state index in [1.165, 1.54) is 57.8 Å². The Labute approximate surface area is 125 Å². The van der Waals surface area contributed by atoms with Crippen LogP contribution in [0.1, 0.15) is 78.6 Å². The molecule has 112 valence electrons. The summed E-state index contributed by atoms with van der Waals surface area (Å²) in [6.45, 7) is 12.2. The molecule has 0 nitrogen and oxygen atoms in total. The molecule has 5 atom stereocenters. The van der Waals surface area contributed by atoms with E-state index < -0.39 is 0 Å². The lowest BCUT2D eigenvalue weighted by atomic mass is 9.41. The third-order valence-corrected chi connectivity index (χ3v) is 8.36. The summed E-state index contributed by atoms with van der Waals surface area (Å²) in [6, 6.07) is 0. The molecule has 0 amide bonds. The summed E-state index contributed by atoms with van der Waals surface area (Å²) in [5.74, 6) is 2.87. The summed E-state index contributed by atoms with van der Waals surface area (Å²) in [5.41, 5.74) is 3.51. The van der Waals surface area contributed by atoms with Crippen LogP contribution < -0.4 is 0 Å². The molecule has 0 aromatic carbocycles. The highest BCUT2D eigenvalue weighted by Gasteiger charge is 2.62. The van der Waals surface area contributed by atoms with Gasteiger partial charge in [0.05, 0.1) is 0 Å². The van der Waals surface area contributed by atoms with Crippen LogP contribution in [0.25, 0.3) is 0 Å². The van der Waals surface area contributed by atoms with Crippen molar-refractivity contribution in [3.8, 4) is 0 Å². The molecule has 4 rings (SSSR count). The first-order chi connectivity index (χ1) is 9.37. The van der Waals surface area contributed by atoms with Crippen molar-refractivity contribution in [3.05, 3.63) is 12.2 Å². The zero-order valence-corrected chi connectivity index (χ0v) is 13.8. The van der Waals surface area contributed by atoms with Crippen LogP contribution >= 0.6 is 0 Å². The van der Waals surface area contributed by atoms with E-state index in [1.807, 2.05) is 0 Å². The van der Waals surface area contributed by atoms with E-state index in [0.29, 0.717) is 16.2 Å². The number of fused-ring (bicyclic) bond motifs is 3. The van der Waals surface area contributed by atoms with Gasteiger partial charge in [0, 0.05) is 0 Å². The van der Waals surface area contributed by atoms with Gasteiger partial charge in [0.2, 0.25) is 0 Å². The lowest BCUT2D eigenvalue weighted by molar-refractivity contribution is -0.144. The van der Waals surface area contributed by atoms with Crippen LogP contribution in [0.3, 0.4) is 0 Å². The molecular formula is C20H32. The second-order valence-electron chi connectivity index (χ2n) is 9.67. The highest BCUT2D eigenvalue weighted by molar-refractivity contribution is 5.22. The molecule has 4 aliphatic carbocycles. The van der Waals surface area contributed by atoms with Gasteiger partial charge >= 0.3 is 0 Å². The molecule has 0 heteroatoms. The van der Waals surface area contributed by atoms with Crippen LogP contribution in [0.2, 0.25) is 0 Å². The highest BCUT2D eigenvalue weighted by Crippen LogP contribution is 2.72. The third kappa shape index (κ3) is 1.54. The molecule has 0 radical (unpaired) electrons.